The normalized spacial score (nSPS) is 9.93. The standard InChI is InChI=1S/C12H24O2/c1-4-7-8-13-9-10-14-11-12(5-2)6-3/h11H,4-10H2,1-3H3. The first kappa shape index (κ1) is 13.5. The molecule has 0 rings (SSSR count). The highest BCUT2D eigenvalue weighted by molar-refractivity contribution is 4.95. The Hall–Kier alpha value is -0.500. The first-order chi connectivity index (χ1) is 6.85. The van der Waals surface area contributed by atoms with Gasteiger partial charge in [-0.2, -0.15) is 0 Å². The Morgan fingerprint density at radius 3 is 2.29 bits per heavy atom. The third kappa shape index (κ3) is 8.11. The summed E-state index contributed by atoms with van der Waals surface area (Å²) >= 11 is 0. The molecular formula is C12H24O2. The van der Waals surface area contributed by atoms with Gasteiger partial charge < -0.3 is 9.47 Å². The molecule has 2 heteroatoms. The largest absolute Gasteiger partial charge is 0.499 e. The molecule has 0 heterocycles. The quantitative estimate of drug-likeness (QED) is 0.419. The summed E-state index contributed by atoms with van der Waals surface area (Å²) < 4.78 is 10.7. The fraction of sp³-hybridized carbons (Fsp3) is 0.833. The van der Waals surface area contributed by atoms with Crippen molar-refractivity contribution in [3.05, 3.63) is 11.8 Å². The number of rotatable bonds is 9. The number of unbranched alkanes of at least 4 members (excludes halogenated alkanes) is 1. The molecule has 0 atom stereocenters. The van der Waals surface area contributed by atoms with E-state index in [1.54, 1.807) is 0 Å². The van der Waals surface area contributed by atoms with E-state index in [2.05, 4.69) is 20.8 Å². The summed E-state index contributed by atoms with van der Waals surface area (Å²) in [7, 11) is 0. The molecule has 0 spiro atoms. The number of hydrogen-bond donors (Lipinski definition) is 0. The molecule has 0 fully saturated rings. The summed E-state index contributed by atoms with van der Waals surface area (Å²) in [6.45, 7) is 8.70. The smallest absolute Gasteiger partial charge is 0.111 e. The van der Waals surface area contributed by atoms with Gasteiger partial charge in [0.1, 0.15) is 6.61 Å². The average molecular weight is 200 g/mol. The molecule has 0 saturated carbocycles. The summed E-state index contributed by atoms with van der Waals surface area (Å²) in [5.41, 5.74) is 1.36. The Bertz CT molecular complexity index is 135. The van der Waals surface area contributed by atoms with Crippen LogP contribution < -0.4 is 0 Å². The Morgan fingerprint density at radius 2 is 1.71 bits per heavy atom. The van der Waals surface area contributed by atoms with Gasteiger partial charge in [-0.1, -0.05) is 27.2 Å². The highest BCUT2D eigenvalue weighted by Crippen LogP contribution is 2.04. The summed E-state index contributed by atoms with van der Waals surface area (Å²) in [5, 5.41) is 0. The van der Waals surface area contributed by atoms with Crippen LogP contribution in [0.5, 0.6) is 0 Å². The van der Waals surface area contributed by atoms with Gasteiger partial charge >= 0.3 is 0 Å². The molecule has 0 aromatic rings. The predicted octanol–water partition coefficient (Wildman–Crippen LogP) is 3.52. The van der Waals surface area contributed by atoms with Crippen molar-refractivity contribution in [1.29, 1.82) is 0 Å². The lowest BCUT2D eigenvalue weighted by Crippen LogP contribution is -2.02. The van der Waals surface area contributed by atoms with E-state index in [-0.39, 0.29) is 0 Å². The van der Waals surface area contributed by atoms with Gasteiger partial charge in [0, 0.05) is 6.61 Å². The van der Waals surface area contributed by atoms with E-state index >= 15 is 0 Å². The van der Waals surface area contributed by atoms with E-state index in [1.807, 2.05) is 6.26 Å². The molecule has 0 radical (unpaired) electrons. The monoisotopic (exact) mass is 200 g/mol. The zero-order valence-corrected chi connectivity index (χ0v) is 9.84. The van der Waals surface area contributed by atoms with Crippen LogP contribution in [0.25, 0.3) is 0 Å². The van der Waals surface area contributed by atoms with Gasteiger partial charge in [-0.15, -0.1) is 0 Å². The molecule has 0 aliphatic heterocycles. The molecule has 0 N–H and O–H groups in total. The number of ether oxygens (including phenoxy) is 2. The Morgan fingerprint density at radius 1 is 1.00 bits per heavy atom. The first-order valence-electron chi connectivity index (χ1n) is 5.72. The van der Waals surface area contributed by atoms with Crippen LogP contribution in [-0.2, 0) is 9.47 Å². The fourth-order valence-corrected chi connectivity index (χ4v) is 1.05. The van der Waals surface area contributed by atoms with Crippen molar-refractivity contribution in [2.75, 3.05) is 19.8 Å². The zero-order chi connectivity index (χ0) is 10.6. The summed E-state index contributed by atoms with van der Waals surface area (Å²) in [4.78, 5) is 0. The predicted molar refractivity (Wildman–Crippen MR) is 60.3 cm³/mol. The Kier molecular flexibility index (Phi) is 10.2. The van der Waals surface area contributed by atoms with Crippen molar-refractivity contribution in [3.63, 3.8) is 0 Å². The van der Waals surface area contributed by atoms with Crippen molar-refractivity contribution in [1.82, 2.24) is 0 Å². The molecule has 0 aliphatic carbocycles. The second kappa shape index (κ2) is 10.6. The lowest BCUT2D eigenvalue weighted by Gasteiger charge is -2.04. The third-order valence-corrected chi connectivity index (χ3v) is 2.15. The summed E-state index contributed by atoms with van der Waals surface area (Å²) in [6, 6.07) is 0. The van der Waals surface area contributed by atoms with Gasteiger partial charge in [0.15, 0.2) is 0 Å². The highest BCUT2D eigenvalue weighted by Gasteiger charge is 1.90. The molecule has 0 aromatic carbocycles. The molecule has 2 nitrogen and oxygen atoms in total. The maximum Gasteiger partial charge on any atom is 0.111 e. The van der Waals surface area contributed by atoms with E-state index in [0.717, 1.165) is 25.9 Å². The number of allylic oxidation sites excluding steroid dienone is 1. The van der Waals surface area contributed by atoms with Gasteiger partial charge in [0.2, 0.25) is 0 Å². The zero-order valence-electron chi connectivity index (χ0n) is 9.84. The van der Waals surface area contributed by atoms with E-state index in [4.69, 9.17) is 9.47 Å². The van der Waals surface area contributed by atoms with Crippen LogP contribution in [-0.4, -0.2) is 19.8 Å². The Labute approximate surface area is 88.3 Å². The van der Waals surface area contributed by atoms with Gasteiger partial charge in [-0.25, -0.2) is 0 Å². The molecular weight excluding hydrogens is 176 g/mol. The maximum atomic E-state index is 5.37. The van der Waals surface area contributed by atoms with Crippen molar-refractivity contribution < 1.29 is 9.47 Å². The fourth-order valence-electron chi connectivity index (χ4n) is 1.05. The second-order valence-electron chi connectivity index (χ2n) is 3.32. The summed E-state index contributed by atoms with van der Waals surface area (Å²) in [6.07, 6.45) is 6.37. The second-order valence-corrected chi connectivity index (χ2v) is 3.32. The van der Waals surface area contributed by atoms with Crippen molar-refractivity contribution in [2.45, 2.75) is 46.5 Å². The van der Waals surface area contributed by atoms with E-state index in [9.17, 15) is 0 Å². The minimum absolute atomic E-state index is 0.674. The number of hydrogen-bond acceptors (Lipinski definition) is 2. The highest BCUT2D eigenvalue weighted by atomic mass is 16.5. The minimum atomic E-state index is 0.674. The molecule has 0 unspecified atom stereocenters. The molecule has 0 saturated heterocycles. The SMILES string of the molecule is CCCCOCCOC=C(CC)CC. The molecule has 14 heavy (non-hydrogen) atoms. The lowest BCUT2D eigenvalue weighted by atomic mass is 10.2. The average Bonchev–Trinajstić information content (AvgIpc) is 2.22. The van der Waals surface area contributed by atoms with Crippen LogP contribution in [0.4, 0.5) is 0 Å². The van der Waals surface area contributed by atoms with Gasteiger partial charge in [0.05, 0.1) is 12.9 Å². The topological polar surface area (TPSA) is 18.5 Å². The van der Waals surface area contributed by atoms with Crippen LogP contribution >= 0.6 is 0 Å². The molecule has 0 bridgehead atoms. The van der Waals surface area contributed by atoms with Crippen molar-refractivity contribution in [2.24, 2.45) is 0 Å². The molecule has 84 valence electrons. The van der Waals surface area contributed by atoms with Crippen LogP contribution in [0.15, 0.2) is 11.8 Å². The first-order valence-corrected chi connectivity index (χ1v) is 5.72. The minimum Gasteiger partial charge on any atom is -0.499 e. The van der Waals surface area contributed by atoms with Gasteiger partial charge in [0.25, 0.3) is 0 Å². The van der Waals surface area contributed by atoms with Gasteiger partial charge in [-0.3, -0.25) is 0 Å². The molecule has 0 aliphatic rings. The van der Waals surface area contributed by atoms with Crippen LogP contribution in [0, 0.1) is 0 Å². The lowest BCUT2D eigenvalue weighted by molar-refractivity contribution is 0.0824. The van der Waals surface area contributed by atoms with Crippen LogP contribution in [0.3, 0.4) is 0 Å². The van der Waals surface area contributed by atoms with E-state index < -0.39 is 0 Å². The summed E-state index contributed by atoms with van der Waals surface area (Å²) in [5.74, 6) is 0. The maximum absolute atomic E-state index is 5.37. The Balaban J connectivity index is 3.23. The van der Waals surface area contributed by atoms with Gasteiger partial charge in [-0.05, 0) is 24.8 Å². The van der Waals surface area contributed by atoms with E-state index in [1.165, 1.54) is 12.0 Å². The molecule has 0 aromatic heterocycles. The third-order valence-electron chi connectivity index (χ3n) is 2.15. The molecule has 0 amide bonds. The van der Waals surface area contributed by atoms with E-state index in [0.29, 0.717) is 13.2 Å². The van der Waals surface area contributed by atoms with Crippen LogP contribution in [0.2, 0.25) is 0 Å². The van der Waals surface area contributed by atoms with Crippen molar-refractivity contribution >= 4 is 0 Å². The van der Waals surface area contributed by atoms with Crippen molar-refractivity contribution in [3.8, 4) is 0 Å². The van der Waals surface area contributed by atoms with Crippen LogP contribution in [0.1, 0.15) is 46.5 Å².